The molecule has 2 N–H and O–H groups in total. The summed E-state index contributed by atoms with van der Waals surface area (Å²) in [5.74, 6) is 0.651. The molecule has 0 bridgehead atoms. The van der Waals surface area contributed by atoms with E-state index >= 15 is 0 Å². The molecule has 5 heteroatoms. The maximum Gasteiger partial charge on any atom is 0.193 e. The molecular formula is C10H9Cl2NOS. The van der Waals surface area contributed by atoms with E-state index in [1.165, 1.54) is 11.3 Å². The monoisotopic (exact) mass is 261 g/mol. The Kier molecular flexibility index (Phi) is 3.07. The van der Waals surface area contributed by atoms with Crippen molar-refractivity contribution in [3.63, 3.8) is 0 Å². The molecule has 2 aromatic heterocycles. The van der Waals surface area contributed by atoms with Crippen molar-refractivity contribution in [2.24, 2.45) is 5.73 Å². The van der Waals surface area contributed by atoms with Crippen LogP contribution in [-0.2, 0) is 0 Å². The molecule has 2 nitrogen and oxygen atoms in total. The predicted molar refractivity (Wildman–Crippen MR) is 63.8 cm³/mol. The number of hydrogen-bond donors (Lipinski definition) is 1. The summed E-state index contributed by atoms with van der Waals surface area (Å²) in [6, 6.07) is 5.12. The molecule has 0 aliphatic heterocycles. The van der Waals surface area contributed by atoms with E-state index in [2.05, 4.69) is 0 Å². The molecule has 15 heavy (non-hydrogen) atoms. The van der Waals surface area contributed by atoms with E-state index < -0.39 is 0 Å². The average Bonchev–Trinajstić information content (AvgIpc) is 2.74. The molecule has 0 saturated heterocycles. The van der Waals surface area contributed by atoms with Crippen molar-refractivity contribution < 1.29 is 4.42 Å². The van der Waals surface area contributed by atoms with E-state index in [1.807, 2.05) is 13.0 Å². The number of hydrogen-bond acceptors (Lipinski definition) is 3. The first-order valence-corrected chi connectivity index (χ1v) is 5.92. The Morgan fingerprint density at radius 2 is 2.13 bits per heavy atom. The minimum absolute atomic E-state index is 0.298. The van der Waals surface area contributed by atoms with Gasteiger partial charge in [-0.05, 0) is 42.3 Å². The van der Waals surface area contributed by atoms with E-state index in [-0.39, 0.29) is 6.04 Å². The number of rotatable bonds is 2. The van der Waals surface area contributed by atoms with Gasteiger partial charge in [0.05, 0.1) is 10.4 Å². The van der Waals surface area contributed by atoms with Gasteiger partial charge in [0.25, 0.3) is 0 Å². The first-order chi connectivity index (χ1) is 7.08. The quantitative estimate of drug-likeness (QED) is 0.888. The summed E-state index contributed by atoms with van der Waals surface area (Å²) in [4.78, 5) is 0.975. The van der Waals surface area contributed by atoms with Gasteiger partial charge < -0.3 is 10.2 Å². The van der Waals surface area contributed by atoms with Crippen molar-refractivity contribution in [3.05, 3.63) is 44.0 Å². The zero-order valence-corrected chi connectivity index (χ0v) is 10.3. The summed E-state index contributed by atoms with van der Waals surface area (Å²) in [5.41, 5.74) is 7.04. The van der Waals surface area contributed by atoms with Crippen LogP contribution in [0.3, 0.4) is 0 Å². The first kappa shape index (κ1) is 11.0. The summed E-state index contributed by atoms with van der Waals surface area (Å²) >= 11 is 13.1. The standard InChI is InChI=1S/C10H9Cl2NOS/c1-5-4-7(15-10(5)12)9(13)6-2-3-8(11)14-6/h2-4,9H,13H2,1H3. The van der Waals surface area contributed by atoms with Crippen LogP contribution < -0.4 is 5.73 Å². The SMILES string of the molecule is Cc1cc(C(N)c2ccc(Cl)o2)sc1Cl. The highest BCUT2D eigenvalue weighted by Crippen LogP contribution is 2.33. The summed E-state index contributed by atoms with van der Waals surface area (Å²) in [6.07, 6.45) is 0. The minimum Gasteiger partial charge on any atom is -0.448 e. The van der Waals surface area contributed by atoms with Crippen LogP contribution in [0, 0.1) is 6.92 Å². The maximum absolute atomic E-state index is 6.01. The summed E-state index contributed by atoms with van der Waals surface area (Å²) in [5, 5.41) is 0.347. The largest absolute Gasteiger partial charge is 0.448 e. The maximum atomic E-state index is 6.01. The highest BCUT2D eigenvalue weighted by atomic mass is 35.5. The number of nitrogens with two attached hydrogens (primary N) is 1. The Hall–Kier alpha value is -0.480. The lowest BCUT2D eigenvalue weighted by atomic mass is 10.2. The number of furan rings is 1. The Balaban J connectivity index is 2.31. The fraction of sp³-hybridized carbons (Fsp3) is 0.200. The van der Waals surface area contributed by atoms with Crippen molar-refractivity contribution in [1.82, 2.24) is 0 Å². The van der Waals surface area contributed by atoms with Crippen molar-refractivity contribution >= 4 is 34.5 Å². The van der Waals surface area contributed by atoms with E-state index in [1.54, 1.807) is 12.1 Å². The number of thiophene rings is 1. The van der Waals surface area contributed by atoms with Gasteiger partial charge in [-0.2, -0.15) is 0 Å². The lowest BCUT2D eigenvalue weighted by Gasteiger charge is -2.04. The van der Waals surface area contributed by atoms with E-state index in [4.69, 9.17) is 33.4 Å². The van der Waals surface area contributed by atoms with Crippen molar-refractivity contribution in [1.29, 1.82) is 0 Å². The third-order valence-electron chi connectivity index (χ3n) is 2.08. The van der Waals surface area contributed by atoms with E-state index in [0.29, 0.717) is 11.0 Å². The lowest BCUT2D eigenvalue weighted by Crippen LogP contribution is -2.08. The Morgan fingerprint density at radius 1 is 1.40 bits per heavy atom. The Morgan fingerprint density at radius 3 is 2.60 bits per heavy atom. The van der Waals surface area contributed by atoms with E-state index in [0.717, 1.165) is 14.8 Å². The topological polar surface area (TPSA) is 39.2 Å². The normalized spacial score (nSPS) is 13.1. The summed E-state index contributed by atoms with van der Waals surface area (Å²) in [6.45, 7) is 1.95. The zero-order chi connectivity index (χ0) is 11.0. The second kappa shape index (κ2) is 4.18. The van der Waals surface area contributed by atoms with Crippen LogP contribution in [0.25, 0.3) is 0 Å². The average molecular weight is 262 g/mol. The molecule has 2 heterocycles. The fourth-order valence-corrected chi connectivity index (χ4v) is 2.65. The van der Waals surface area contributed by atoms with Crippen LogP contribution in [0.2, 0.25) is 9.56 Å². The molecule has 0 saturated carbocycles. The van der Waals surface area contributed by atoms with Gasteiger partial charge in [-0.1, -0.05) is 11.6 Å². The molecular weight excluding hydrogens is 253 g/mol. The molecule has 0 aliphatic rings. The highest BCUT2D eigenvalue weighted by molar-refractivity contribution is 7.16. The minimum atomic E-state index is -0.298. The van der Waals surface area contributed by atoms with Gasteiger partial charge in [-0.3, -0.25) is 0 Å². The van der Waals surface area contributed by atoms with Gasteiger partial charge in [0, 0.05) is 4.88 Å². The predicted octanol–water partition coefficient (Wildman–Crippen LogP) is 4.00. The van der Waals surface area contributed by atoms with Gasteiger partial charge in [-0.25, -0.2) is 0 Å². The Bertz CT molecular complexity index is 458. The van der Waals surface area contributed by atoms with Crippen LogP contribution in [-0.4, -0.2) is 0 Å². The van der Waals surface area contributed by atoms with Crippen LogP contribution in [0.1, 0.15) is 22.2 Å². The van der Waals surface area contributed by atoms with Crippen molar-refractivity contribution in [3.8, 4) is 0 Å². The van der Waals surface area contributed by atoms with Gasteiger partial charge in [0.1, 0.15) is 5.76 Å². The molecule has 1 unspecified atom stereocenters. The van der Waals surface area contributed by atoms with Crippen LogP contribution >= 0.6 is 34.5 Å². The molecule has 0 aromatic carbocycles. The number of halogens is 2. The van der Waals surface area contributed by atoms with Crippen molar-refractivity contribution in [2.75, 3.05) is 0 Å². The van der Waals surface area contributed by atoms with E-state index in [9.17, 15) is 0 Å². The fourth-order valence-electron chi connectivity index (χ4n) is 1.27. The van der Waals surface area contributed by atoms with Crippen molar-refractivity contribution in [2.45, 2.75) is 13.0 Å². The molecule has 0 aliphatic carbocycles. The van der Waals surface area contributed by atoms with Gasteiger partial charge in [0.2, 0.25) is 0 Å². The summed E-state index contributed by atoms with van der Waals surface area (Å²) in [7, 11) is 0. The second-order valence-electron chi connectivity index (χ2n) is 3.23. The van der Waals surface area contributed by atoms with Gasteiger partial charge in [-0.15, -0.1) is 11.3 Å². The zero-order valence-electron chi connectivity index (χ0n) is 7.96. The lowest BCUT2D eigenvalue weighted by molar-refractivity contribution is 0.493. The molecule has 0 fully saturated rings. The summed E-state index contributed by atoms with van der Waals surface area (Å²) < 4.78 is 6.01. The van der Waals surface area contributed by atoms with Gasteiger partial charge in [0.15, 0.2) is 5.22 Å². The third kappa shape index (κ3) is 2.21. The van der Waals surface area contributed by atoms with Gasteiger partial charge >= 0.3 is 0 Å². The Labute approximate surface area is 102 Å². The molecule has 80 valence electrons. The number of aryl methyl sites for hydroxylation is 1. The van der Waals surface area contributed by atoms with Crippen LogP contribution in [0.4, 0.5) is 0 Å². The molecule has 0 spiro atoms. The second-order valence-corrected chi connectivity index (χ2v) is 5.28. The molecule has 0 amide bonds. The smallest absolute Gasteiger partial charge is 0.193 e. The molecule has 0 radical (unpaired) electrons. The van der Waals surface area contributed by atoms with Crippen LogP contribution in [0.15, 0.2) is 22.6 Å². The highest BCUT2D eigenvalue weighted by Gasteiger charge is 2.16. The third-order valence-corrected chi connectivity index (χ3v) is 3.92. The first-order valence-electron chi connectivity index (χ1n) is 4.34. The molecule has 1 atom stereocenters. The molecule has 2 aromatic rings. The van der Waals surface area contributed by atoms with Crippen LogP contribution in [0.5, 0.6) is 0 Å². The molecule has 2 rings (SSSR count).